The lowest BCUT2D eigenvalue weighted by Gasteiger charge is -2.37. The first-order valence-corrected chi connectivity index (χ1v) is 13.2. The van der Waals surface area contributed by atoms with E-state index >= 15 is 0 Å². The van der Waals surface area contributed by atoms with Crippen molar-refractivity contribution >= 4 is 29.4 Å². The van der Waals surface area contributed by atoms with Crippen molar-refractivity contribution in [1.82, 2.24) is 25.7 Å². The van der Waals surface area contributed by atoms with Gasteiger partial charge < -0.3 is 20.7 Å². The molecular weight excluding hydrogens is 525 g/mol. The third kappa shape index (κ3) is 7.21. The number of amides is 2. The lowest BCUT2D eigenvalue weighted by Crippen LogP contribution is -2.65. The van der Waals surface area contributed by atoms with Gasteiger partial charge >= 0.3 is 5.97 Å². The molecule has 3 aromatic rings. The van der Waals surface area contributed by atoms with Gasteiger partial charge in [0, 0.05) is 18.2 Å². The number of nitrogens with one attached hydrogen (secondary N) is 3. The number of aromatic nitrogens is 2. The molecule has 39 heavy (non-hydrogen) atoms. The minimum atomic E-state index is -1.21. The lowest BCUT2D eigenvalue weighted by molar-refractivity contribution is -0.148. The number of carbonyl (C=O) groups is 3. The van der Waals surface area contributed by atoms with E-state index in [1.54, 1.807) is 25.3 Å². The van der Waals surface area contributed by atoms with Crippen LogP contribution in [0.3, 0.4) is 0 Å². The van der Waals surface area contributed by atoms with Crippen molar-refractivity contribution in [2.24, 2.45) is 0 Å². The summed E-state index contributed by atoms with van der Waals surface area (Å²) in [6.07, 6.45) is 2.56. The van der Waals surface area contributed by atoms with Crippen molar-refractivity contribution in [1.29, 1.82) is 0 Å². The molecule has 2 amide bonds. The first-order valence-electron chi connectivity index (χ1n) is 12.8. The van der Waals surface area contributed by atoms with Gasteiger partial charge in [-0.2, -0.15) is 5.10 Å². The quantitative estimate of drug-likeness (QED) is 0.332. The largest absolute Gasteiger partial charge is 0.464 e. The average molecular weight is 556 g/mol. The normalized spacial score (nSPS) is 15.3. The van der Waals surface area contributed by atoms with E-state index in [0.717, 1.165) is 5.56 Å². The Labute approximate surface area is 231 Å². The van der Waals surface area contributed by atoms with E-state index in [1.807, 2.05) is 30.3 Å². The summed E-state index contributed by atoms with van der Waals surface area (Å²) in [4.78, 5) is 39.5. The number of ether oxygens (including phenoxy) is 1. The summed E-state index contributed by atoms with van der Waals surface area (Å²) in [7, 11) is 0. The van der Waals surface area contributed by atoms with Crippen LogP contribution in [0.2, 0.25) is 5.02 Å². The molecule has 4 rings (SSSR count). The van der Waals surface area contributed by atoms with Crippen LogP contribution in [0.5, 0.6) is 0 Å². The molecule has 0 saturated carbocycles. The predicted octanol–water partition coefficient (Wildman–Crippen LogP) is 2.87. The molecule has 1 saturated heterocycles. The molecule has 1 unspecified atom stereocenters. The van der Waals surface area contributed by atoms with E-state index in [1.165, 1.54) is 16.8 Å². The van der Waals surface area contributed by atoms with Crippen LogP contribution in [-0.2, 0) is 32.1 Å². The van der Waals surface area contributed by atoms with Crippen LogP contribution in [0.4, 0.5) is 4.39 Å². The van der Waals surface area contributed by atoms with Crippen molar-refractivity contribution in [2.75, 3.05) is 19.7 Å². The van der Waals surface area contributed by atoms with Gasteiger partial charge in [0.2, 0.25) is 11.8 Å². The predicted molar refractivity (Wildman–Crippen MR) is 144 cm³/mol. The zero-order valence-electron chi connectivity index (χ0n) is 21.6. The van der Waals surface area contributed by atoms with E-state index in [-0.39, 0.29) is 24.6 Å². The van der Waals surface area contributed by atoms with Gasteiger partial charge in [0.15, 0.2) is 0 Å². The number of hydrogen-bond acceptors (Lipinski definition) is 6. The van der Waals surface area contributed by atoms with Crippen LogP contribution in [0.1, 0.15) is 25.3 Å². The van der Waals surface area contributed by atoms with Crippen LogP contribution in [0.25, 0.3) is 11.3 Å². The summed E-state index contributed by atoms with van der Waals surface area (Å²) in [5, 5.41) is 13.3. The van der Waals surface area contributed by atoms with Gasteiger partial charge in [-0.3, -0.25) is 14.3 Å². The van der Waals surface area contributed by atoms with Gasteiger partial charge in [-0.1, -0.05) is 48.0 Å². The molecule has 2 heterocycles. The number of benzene rings is 2. The number of halogens is 2. The second-order valence-electron chi connectivity index (χ2n) is 9.38. The number of carbonyl (C=O) groups excluding carboxylic acids is 3. The fourth-order valence-electron chi connectivity index (χ4n) is 4.56. The lowest BCUT2D eigenvalue weighted by atomic mass is 9.86. The minimum Gasteiger partial charge on any atom is -0.464 e. The van der Waals surface area contributed by atoms with Crippen LogP contribution in [0, 0.1) is 5.82 Å². The van der Waals surface area contributed by atoms with Crippen molar-refractivity contribution in [3.63, 3.8) is 0 Å². The highest BCUT2D eigenvalue weighted by Crippen LogP contribution is 2.23. The average Bonchev–Trinajstić information content (AvgIpc) is 3.39. The van der Waals surface area contributed by atoms with Gasteiger partial charge in [-0.25, -0.2) is 9.18 Å². The molecule has 1 atom stereocenters. The summed E-state index contributed by atoms with van der Waals surface area (Å²) >= 11 is 5.76. The van der Waals surface area contributed by atoms with Gasteiger partial charge in [0.1, 0.15) is 23.9 Å². The van der Waals surface area contributed by atoms with E-state index in [0.29, 0.717) is 37.2 Å². The molecule has 0 bridgehead atoms. The van der Waals surface area contributed by atoms with Crippen molar-refractivity contribution in [3.05, 3.63) is 77.2 Å². The van der Waals surface area contributed by atoms with Gasteiger partial charge in [-0.15, -0.1) is 0 Å². The molecule has 3 N–H and O–H groups in total. The van der Waals surface area contributed by atoms with E-state index in [4.69, 9.17) is 16.3 Å². The molecule has 2 aromatic carbocycles. The SMILES string of the molecule is CCOC(=O)C(Cc1ccccc1)NC(=O)C1(NC(=O)Cn2ccc(-c3ccc(Cl)c(F)c3)n2)CCNCC1. The Kier molecular flexibility index (Phi) is 9.32. The molecule has 0 aliphatic carbocycles. The third-order valence-electron chi connectivity index (χ3n) is 6.59. The van der Waals surface area contributed by atoms with Crippen molar-refractivity contribution in [2.45, 2.75) is 44.3 Å². The molecule has 0 spiro atoms. The maximum absolute atomic E-state index is 13.9. The Balaban J connectivity index is 1.47. The molecular formula is C28H31ClFN5O4. The van der Waals surface area contributed by atoms with Crippen LogP contribution in [-0.4, -0.2) is 58.8 Å². The fourth-order valence-corrected chi connectivity index (χ4v) is 4.67. The zero-order valence-corrected chi connectivity index (χ0v) is 22.3. The summed E-state index contributed by atoms with van der Waals surface area (Å²) in [6, 6.07) is 14.5. The van der Waals surface area contributed by atoms with E-state index in [9.17, 15) is 18.8 Å². The van der Waals surface area contributed by atoms with Gasteiger partial charge in [-0.05, 0) is 56.6 Å². The first kappa shape index (κ1) is 28.3. The summed E-state index contributed by atoms with van der Waals surface area (Å²) in [5.41, 5.74) is 0.660. The van der Waals surface area contributed by atoms with Crippen molar-refractivity contribution < 1.29 is 23.5 Å². The maximum Gasteiger partial charge on any atom is 0.328 e. The third-order valence-corrected chi connectivity index (χ3v) is 6.90. The molecule has 0 radical (unpaired) electrons. The van der Waals surface area contributed by atoms with Crippen molar-refractivity contribution in [3.8, 4) is 11.3 Å². The molecule has 1 fully saturated rings. The topological polar surface area (TPSA) is 114 Å². The Bertz CT molecular complexity index is 1310. The Morgan fingerprint density at radius 3 is 2.59 bits per heavy atom. The minimum absolute atomic E-state index is 0.0112. The summed E-state index contributed by atoms with van der Waals surface area (Å²) in [6.45, 7) is 2.77. The second kappa shape index (κ2) is 12.9. The monoisotopic (exact) mass is 555 g/mol. The molecule has 11 heteroatoms. The standard InChI is InChI=1S/C28H31ClFN5O4/c1-2-39-26(37)24(16-19-6-4-3-5-7-19)32-27(38)28(11-13-31-14-12-28)33-25(36)18-35-15-10-23(34-35)20-8-9-21(29)22(30)17-20/h3-10,15,17,24,31H,2,11-14,16,18H2,1H3,(H,32,38)(H,33,36). The number of nitrogens with zero attached hydrogens (tertiary/aromatic N) is 2. The molecule has 1 aliphatic rings. The Hall–Kier alpha value is -3.76. The summed E-state index contributed by atoms with van der Waals surface area (Å²) < 4.78 is 20.5. The first-order chi connectivity index (χ1) is 18.8. The molecule has 9 nitrogen and oxygen atoms in total. The molecule has 1 aliphatic heterocycles. The Morgan fingerprint density at radius 1 is 1.15 bits per heavy atom. The number of esters is 1. The van der Waals surface area contributed by atoms with Crippen LogP contribution >= 0.6 is 11.6 Å². The summed E-state index contributed by atoms with van der Waals surface area (Å²) in [5.74, 6) is -1.95. The zero-order chi connectivity index (χ0) is 27.8. The number of rotatable bonds is 10. The van der Waals surface area contributed by atoms with Gasteiger partial charge in [0.05, 0.1) is 17.3 Å². The fraction of sp³-hybridized carbons (Fsp3) is 0.357. The van der Waals surface area contributed by atoms with Crippen LogP contribution in [0.15, 0.2) is 60.8 Å². The molecule has 206 valence electrons. The van der Waals surface area contributed by atoms with Gasteiger partial charge in [0.25, 0.3) is 0 Å². The molecule has 1 aromatic heterocycles. The number of piperidine rings is 1. The number of hydrogen-bond donors (Lipinski definition) is 3. The highest BCUT2D eigenvalue weighted by Gasteiger charge is 2.42. The smallest absolute Gasteiger partial charge is 0.328 e. The highest BCUT2D eigenvalue weighted by atomic mass is 35.5. The van der Waals surface area contributed by atoms with E-state index < -0.39 is 35.2 Å². The maximum atomic E-state index is 13.9. The van der Waals surface area contributed by atoms with Crippen LogP contribution < -0.4 is 16.0 Å². The Morgan fingerprint density at radius 2 is 1.90 bits per heavy atom. The second-order valence-corrected chi connectivity index (χ2v) is 9.78. The highest BCUT2D eigenvalue weighted by molar-refractivity contribution is 6.30. The van der Waals surface area contributed by atoms with E-state index in [2.05, 4.69) is 21.0 Å².